The van der Waals surface area contributed by atoms with Crippen LogP contribution in [0.25, 0.3) is 0 Å². The maximum Gasteiger partial charge on any atom is 0.202 e. The number of aliphatic hydroxyl groups is 3. The summed E-state index contributed by atoms with van der Waals surface area (Å²) in [6, 6.07) is 4.40. The van der Waals surface area contributed by atoms with Crippen molar-refractivity contribution in [1.29, 1.82) is 0 Å². The highest BCUT2D eigenvalue weighted by Gasteiger charge is 2.49. The van der Waals surface area contributed by atoms with Crippen LogP contribution in [-0.2, 0) is 0 Å². The number of carbonyl (C=O) groups is 2. The third-order valence-electron chi connectivity index (χ3n) is 5.97. The number of aromatic hydroxyl groups is 2. The van der Waals surface area contributed by atoms with Gasteiger partial charge in [0.05, 0.1) is 35.5 Å². The average molecular weight is 400 g/mol. The molecule has 2 aliphatic rings. The van der Waals surface area contributed by atoms with Crippen molar-refractivity contribution in [2.75, 3.05) is 7.11 Å². The SMILES string of the molecule is CC[C@@]1(O)C[C@H](O)c2c(O)c3c(c(O)c2[C@H]1O)C(=O)c1cccc(OC)c1C3=O. The summed E-state index contributed by atoms with van der Waals surface area (Å²) in [5.74, 6) is -2.80. The number of benzene rings is 2. The van der Waals surface area contributed by atoms with Gasteiger partial charge in [0, 0.05) is 23.1 Å². The van der Waals surface area contributed by atoms with Crippen molar-refractivity contribution >= 4 is 11.6 Å². The normalized spacial score (nSPS) is 25.3. The Morgan fingerprint density at radius 2 is 1.66 bits per heavy atom. The molecule has 0 radical (unpaired) electrons. The largest absolute Gasteiger partial charge is 0.507 e. The van der Waals surface area contributed by atoms with Gasteiger partial charge in [0.25, 0.3) is 0 Å². The molecule has 0 saturated carbocycles. The van der Waals surface area contributed by atoms with E-state index in [1.165, 1.54) is 25.3 Å². The molecule has 0 amide bonds. The van der Waals surface area contributed by atoms with Crippen LogP contribution in [0.15, 0.2) is 18.2 Å². The van der Waals surface area contributed by atoms with Crippen LogP contribution in [0.2, 0.25) is 0 Å². The Morgan fingerprint density at radius 3 is 2.28 bits per heavy atom. The third-order valence-corrected chi connectivity index (χ3v) is 5.97. The summed E-state index contributed by atoms with van der Waals surface area (Å²) in [5.41, 5.74) is -3.41. The van der Waals surface area contributed by atoms with Crippen molar-refractivity contribution in [3.8, 4) is 17.2 Å². The van der Waals surface area contributed by atoms with Crippen LogP contribution in [0.1, 0.15) is 74.9 Å². The molecule has 0 bridgehead atoms. The second-order valence-corrected chi connectivity index (χ2v) is 7.40. The fourth-order valence-electron chi connectivity index (χ4n) is 4.36. The van der Waals surface area contributed by atoms with Gasteiger partial charge in [-0.05, 0) is 12.5 Å². The Labute approximate surface area is 165 Å². The minimum atomic E-state index is -1.77. The van der Waals surface area contributed by atoms with E-state index < -0.39 is 52.0 Å². The summed E-state index contributed by atoms with van der Waals surface area (Å²) in [6.45, 7) is 1.59. The van der Waals surface area contributed by atoms with Crippen LogP contribution in [0.3, 0.4) is 0 Å². The molecule has 2 aromatic rings. The summed E-state index contributed by atoms with van der Waals surface area (Å²) >= 11 is 0. The van der Waals surface area contributed by atoms with Gasteiger partial charge in [0.15, 0.2) is 5.78 Å². The fraction of sp³-hybridized carbons (Fsp3) is 0.333. The molecule has 152 valence electrons. The summed E-state index contributed by atoms with van der Waals surface area (Å²) in [7, 11) is 1.33. The Hall–Kier alpha value is -2.94. The molecular formula is C21H20O8. The lowest BCUT2D eigenvalue weighted by atomic mass is 9.71. The van der Waals surface area contributed by atoms with Crippen LogP contribution in [-0.4, -0.2) is 49.8 Å². The van der Waals surface area contributed by atoms with Crippen LogP contribution in [0.5, 0.6) is 17.2 Å². The highest BCUT2D eigenvalue weighted by molar-refractivity contribution is 6.31. The highest BCUT2D eigenvalue weighted by Crippen LogP contribution is 2.54. The van der Waals surface area contributed by atoms with Crippen LogP contribution in [0.4, 0.5) is 0 Å². The average Bonchev–Trinajstić information content (AvgIpc) is 2.70. The molecule has 0 saturated heterocycles. The number of aliphatic hydroxyl groups excluding tert-OH is 2. The Kier molecular flexibility index (Phi) is 4.20. The van der Waals surface area contributed by atoms with Gasteiger partial charge in [-0.3, -0.25) is 9.59 Å². The zero-order valence-electron chi connectivity index (χ0n) is 15.8. The summed E-state index contributed by atoms with van der Waals surface area (Å²) in [4.78, 5) is 26.3. The van der Waals surface area contributed by atoms with Crippen molar-refractivity contribution in [3.05, 3.63) is 51.6 Å². The Bertz CT molecular complexity index is 1070. The van der Waals surface area contributed by atoms with E-state index in [0.29, 0.717) is 0 Å². The molecule has 0 aromatic heterocycles. The summed E-state index contributed by atoms with van der Waals surface area (Å²) in [6.07, 6.45) is -3.39. The second kappa shape index (κ2) is 6.28. The molecule has 2 aliphatic carbocycles. The number of phenols is 2. The highest BCUT2D eigenvalue weighted by atomic mass is 16.5. The van der Waals surface area contributed by atoms with Gasteiger partial charge in [0.1, 0.15) is 23.4 Å². The van der Waals surface area contributed by atoms with E-state index in [4.69, 9.17) is 4.74 Å². The lowest BCUT2D eigenvalue weighted by Gasteiger charge is -2.41. The topological polar surface area (TPSA) is 145 Å². The molecule has 29 heavy (non-hydrogen) atoms. The summed E-state index contributed by atoms with van der Waals surface area (Å²) in [5, 5.41) is 53.6. The van der Waals surface area contributed by atoms with Crippen LogP contribution < -0.4 is 4.74 Å². The first kappa shape index (κ1) is 19.4. The first-order valence-corrected chi connectivity index (χ1v) is 9.14. The van der Waals surface area contributed by atoms with E-state index in [-0.39, 0.29) is 40.8 Å². The molecule has 4 rings (SSSR count). The van der Waals surface area contributed by atoms with Gasteiger partial charge in [-0.25, -0.2) is 0 Å². The van der Waals surface area contributed by atoms with Crippen LogP contribution >= 0.6 is 0 Å². The first-order valence-electron chi connectivity index (χ1n) is 9.14. The molecule has 8 nitrogen and oxygen atoms in total. The summed E-state index contributed by atoms with van der Waals surface area (Å²) < 4.78 is 5.17. The number of ether oxygens (including phenoxy) is 1. The molecule has 0 fully saturated rings. The minimum Gasteiger partial charge on any atom is -0.507 e. The zero-order valence-corrected chi connectivity index (χ0v) is 15.8. The van der Waals surface area contributed by atoms with Crippen molar-refractivity contribution in [2.24, 2.45) is 0 Å². The Balaban J connectivity index is 2.07. The van der Waals surface area contributed by atoms with E-state index in [2.05, 4.69) is 0 Å². The molecule has 0 heterocycles. The number of carbonyl (C=O) groups excluding carboxylic acids is 2. The molecule has 0 spiro atoms. The van der Waals surface area contributed by atoms with E-state index in [1.54, 1.807) is 6.92 Å². The van der Waals surface area contributed by atoms with E-state index in [1.807, 2.05) is 0 Å². The number of rotatable bonds is 2. The van der Waals surface area contributed by atoms with Crippen molar-refractivity contribution in [1.82, 2.24) is 0 Å². The molecule has 2 aromatic carbocycles. The molecule has 0 aliphatic heterocycles. The number of hydrogen-bond acceptors (Lipinski definition) is 8. The second-order valence-electron chi connectivity index (χ2n) is 7.40. The van der Waals surface area contributed by atoms with Gasteiger partial charge in [-0.2, -0.15) is 0 Å². The quantitative estimate of drug-likeness (QED) is 0.407. The van der Waals surface area contributed by atoms with Crippen molar-refractivity contribution in [2.45, 2.75) is 37.6 Å². The number of hydrogen-bond donors (Lipinski definition) is 5. The maximum atomic E-state index is 13.2. The molecule has 8 heteroatoms. The number of methoxy groups -OCH3 is 1. The predicted molar refractivity (Wildman–Crippen MR) is 99.4 cm³/mol. The first-order chi connectivity index (χ1) is 13.7. The lowest BCUT2D eigenvalue weighted by Crippen LogP contribution is -2.42. The number of fused-ring (bicyclic) bond motifs is 3. The number of phenolic OH excluding ortho intramolecular Hbond substituents is 2. The molecule has 0 unspecified atom stereocenters. The van der Waals surface area contributed by atoms with Crippen molar-refractivity contribution < 1.29 is 39.9 Å². The molecule has 5 N–H and O–H groups in total. The lowest BCUT2D eigenvalue weighted by molar-refractivity contribution is -0.117. The Morgan fingerprint density at radius 1 is 1.03 bits per heavy atom. The van der Waals surface area contributed by atoms with E-state index in [9.17, 15) is 35.1 Å². The molecule has 3 atom stereocenters. The minimum absolute atomic E-state index is 0.0203. The fourth-order valence-corrected chi connectivity index (χ4v) is 4.36. The maximum absolute atomic E-state index is 13.2. The smallest absolute Gasteiger partial charge is 0.202 e. The zero-order chi connectivity index (χ0) is 21.2. The van der Waals surface area contributed by atoms with Gasteiger partial charge in [-0.1, -0.05) is 19.1 Å². The van der Waals surface area contributed by atoms with Gasteiger partial charge in [-0.15, -0.1) is 0 Å². The predicted octanol–water partition coefficient (Wildman–Crippen LogP) is 1.49. The van der Waals surface area contributed by atoms with Crippen LogP contribution in [0, 0.1) is 0 Å². The van der Waals surface area contributed by atoms with Gasteiger partial charge in [0.2, 0.25) is 5.78 Å². The van der Waals surface area contributed by atoms with Gasteiger partial charge >= 0.3 is 0 Å². The van der Waals surface area contributed by atoms with Crippen molar-refractivity contribution in [3.63, 3.8) is 0 Å². The standard InChI is InChI=1S/C21H20O8/c1-3-21(28)7-9(22)12-15(20(21)27)19(26)13-14(18(12)25)17(24)11-8(16(13)23)5-4-6-10(11)29-2/h4-6,9,20,22,25-28H,3,7H2,1-2H3/t9-,20+,21+/m0/s1. The van der Waals surface area contributed by atoms with E-state index >= 15 is 0 Å². The van der Waals surface area contributed by atoms with E-state index in [0.717, 1.165) is 0 Å². The third kappa shape index (κ3) is 2.37. The number of ketones is 2. The van der Waals surface area contributed by atoms with Gasteiger partial charge < -0.3 is 30.3 Å². The monoisotopic (exact) mass is 400 g/mol. The molecular weight excluding hydrogens is 380 g/mol.